The van der Waals surface area contributed by atoms with Gasteiger partial charge in [0.05, 0.1) is 27.7 Å². The van der Waals surface area contributed by atoms with E-state index in [-0.39, 0.29) is 20.6 Å². The summed E-state index contributed by atoms with van der Waals surface area (Å²) in [5.41, 5.74) is 0.185. The maximum Gasteiger partial charge on any atom is 0.324 e. The predicted molar refractivity (Wildman–Crippen MR) is 91.6 cm³/mol. The van der Waals surface area contributed by atoms with Crippen LogP contribution >= 0.6 is 23.2 Å². The number of sulfonamides is 1. The van der Waals surface area contributed by atoms with E-state index < -0.39 is 22.5 Å². The molecule has 2 aromatic carbocycles. The first kappa shape index (κ1) is 18.4. The van der Waals surface area contributed by atoms with Crippen molar-refractivity contribution in [2.24, 2.45) is 0 Å². The van der Waals surface area contributed by atoms with E-state index in [1.807, 2.05) is 0 Å². The van der Waals surface area contributed by atoms with Crippen LogP contribution < -0.4 is 9.04 Å². The Balaban J connectivity index is 2.52. The quantitative estimate of drug-likeness (QED) is 0.819. The molecule has 0 aromatic heterocycles. The number of carboxylic acids is 1. The highest BCUT2D eigenvalue weighted by Crippen LogP contribution is 2.29. The number of nitrogens with zero attached hydrogens (tertiary/aromatic N) is 1. The molecule has 0 heterocycles. The van der Waals surface area contributed by atoms with Crippen LogP contribution in [0.3, 0.4) is 0 Å². The highest BCUT2D eigenvalue weighted by Gasteiger charge is 2.27. The molecule has 2 rings (SSSR count). The Morgan fingerprint density at radius 1 is 1.12 bits per heavy atom. The van der Waals surface area contributed by atoms with Crippen molar-refractivity contribution in [3.8, 4) is 5.75 Å². The van der Waals surface area contributed by atoms with Crippen LogP contribution in [-0.4, -0.2) is 33.1 Å². The summed E-state index contributed by atoms with van der Waals surface area (Å²) in [6, 6.07) is 9.76. The van der Waals surface area contributed by atoms with Gasteiger partial charge in [-0.05, 0) is 42.5 Å². The van der Waals surface area contributed by atoms with E-state index in [9.17, 15) is 13.2 Å². The fourth-order valence-electron chi connectivity index (χ4n) is 1.95. The van der Waals surface area contributed by atoms with E-state index in [1.54, 1.807) is 0 Å². The Labute approximate surface area is 149 Å². The van der Waals surface area contributed by atoms with Crippen LogP contribution in [0.5, 0.6) is 5.75 Å². The number of hydrogen-bond donors (Lipinski definition) is 1. The van der Waals surface area contributed by atoms with Gasteiger partial charge in [0.25, 0.3) is 10.0 Å². The fourth-order valence-corrected chi connectivity index (χ4v) is 3.75. The predicted octanol–water partition coefficient (Wildman–Crippen LogP) is 3.28. The molecule has 0 amide bonds. The number of anilines is 1. The second-order valence-electron chi connectivity index (χ2n) is 4.68. The number of carbonyl (C=O) groups is 1. The van der Waals surface area contributed by atoms with Crippen LogP contribution in [0.15, 0.2) is 47.4 Å². The third-order valence-corrected chi connectivity index (χ3v) is 5.63. The summed E-state index contributed by atoms with van der Waals surface area (Å²) >= 11 is 11.7. The number of rotatable bonds is 6. The first-order chi connectivity index (χ1) is 11.3. The third-order valence-electron chi connectivity index (χ3n) is 3.12. The number of ether oxygens (including phenoxy) is 1. The summed E-state index contributed by atoms with van der Waals surface area (Å²) in [6.45, 7) is -0.741. The zero-order chi connectivity index (χ0) is 17.9. The number of benzene rings is 2. The highest BCUT2D eigenvalue weighted by atomic mass is 35.5. The summed E-state index contributed by atoms with van der Waals surface area (Å²) in [6.07, 6.45) is 0. The first-order valence-corrected chi connectivity index (χ1v) is 8.79. The summed E-state index contributed by atoms with van der Waals surface area (Å²) in [5.74, 6) is -0.782. The first-order valence-electron chi connectivity index (χ1n) is 6.59. The molecular formula is C15H13Cl2NO5S. The van der Waals surface area contributed by atoms with Crippen LogP contribution in [0.25, 0.3) is 0 Å². The molecule has 0 aliphatic rings. The highest BCUT2D eigenvalue weighted by molar-refractivity contribution is 7.92. The van der Waals surface area contributed by atoms with E-state index in [0.29, 0.717) is 5.75 Å². The van der Waals surface area contributed by atoms with Gasteiger partial charge in [-0.15, -0.1) is 0 Å². The van der Waals surface area contributed by atoms with Crippen LogP contribution in [0, 0.1) is 0 Å². The maximum absolute atomic E-state index is 12.8. The topological polar surface area (TPSA) is 83.9 Å². The average molecular weight is 390 g/mol. The zero-order valence-corrected chi connectivity index (χ0v) is 14.8. The normalized spacial score (nSPS) is 11.1. The molecule has 128 valence electrons. The molecule has 0 saturated heterocycles. The molecule has 2 aromatic rings. The number of hydrogen-bond acceptors (Lipinski definition) is 4. The minimum atomic E-state index is -4.14. The van der Waals surface area contributed by atoms with Crippen LogP contribution in [-0.2, 0) is 14.8 Å². The van der Waals surface area contributed by atoms with E-state index in [4.69, 9.17) is 33.0 Å². The van der Waals surface area contributed by atoms with Crippen LogP contribution in [0.4, 0.5) is 5.69 Å². The Morgan fingerprint density at radius 2 is 1.75 bits per heavy atom. The molecule has 24 heavy (non-hydrogen) atoms. The van der Waals surface area contributed by atoms with Crippen molar-refractivity contribution in [3.63, 3.8) is 0 Å². The molecule has 0 saturated carbocycles. The van der Waals surface area contributed by atoms with Gasteiger partial charge < -0.3 is 9.84 Å². The second-order valence-corrected chi connectivity index (χ2v) is 7.36. The minimum Gasteiger partial charge on any atom is -0.497 e. The maximum atomic E-state index is 12.8. The number of halogens is 2. The third kappa shape index (κ3) is 3.92. The molecule has 0 unspecified atom stereocenters. The van der Waals surface area contributed by atoms with Gasteiger partial charge in [-0.3, -0.25) is 9.10 Å². The van der Waals surface area contributed by atoms with Crippen LogP contribution in [0.1, 0.15) is 0 Å². The van der Waals surface area contributed by atoms with Gasteiger partial charge in [-0.1, -0.05) is 23.2 Å². The van der Waals surface area contributed by atoms with Crippen molar-refractivity contribution < 1.29 is 23.1 Å². The van der Waals surface area contributed by atoms with Crippen molar-refractivity contribution in [2.45, 2.75) is 4.90 Å². The Bertz CT molecular complexity index is 853. The van der Waals surface area contributed by atoms with Crippen molar-refractivity contribution in [3.05, 3.63) is 52.5 Å². The lowest BCUT2D eigenvalue weighted by molar-refractivity contribution is -0.135. The van der Waals surface area contributed by atoms with Gasteiger partial charge in [-0.2, -0.15) is 0 Å². The van der Waals surface area contributed by atoms with Crippen molar-refractivity contribution in [1.29, 1.82) is 0 Å². The lowest BCUT2D eigenvalue weighted by Gasteiger charge is -2.23. The molecule has 9 heteroatoms. The van der Waals surface area contributed by atoms with Gasteiger partial charge in [0.1, 0.15) is 12.3 Å². The molecule has 0 radical (unpaired) electrons. The average Bonchev–Trinajstić information content (AvgIpc) is 2.55. The molecule has 0 bridgehead atoms. The Kier molecular flexibility index (Phi) is 5.58. The monoisotopic (exact) mass is 389 g/mol. The summed E-state index contributed by atoms with van der Waals surface area (Å²) < 4.78 is 31.4. The molecule has 0 atom stereocenters. The molecule has 0 aliphatic heterocycles. The molecule has 0 fully saturated rings. The van der Waals surface area contributed by atoms with Crippen molar-refractivity contribution in [2.75, 3.05) is 18.0 Å². The van der Waals surface area contributed by atoms with Gasteiger partial charge in [0.15, 0.2) is 0 Å². The van der Waals surface area contributed by atoms with E-state index >= 15 is 0 Å². The summed E-state index contributed by atoms with van der Waals surface area (Å²) in [7, 11) is -2.67. The van der Waals surface area contributed by atoms with Gasteiger partial charge >= 0.3 is 5.97 Å². The number of carboxylic acid groups (broad SMARTS) is 1. The lowest BCUT2D eigenvalue weighted by Crippen LogP contribution is -2.35. The molecule has 1 N–H and O–H groups in total. The Morgan fingerprint density at radius 3 is 2.25 bits per heavy atom. The second kappa shape index (κ2) is 7.29. The van der Waals surface area contributed by atoms with Crippen molar-refractivity contribution in [1.82, 2.24) is 0 Å². The molecule has 0 aliphatic carbocycles. The summed E-state index contributed by atoms with van der Waals surface area (Å²) in [4.78, 5) is 11.0. The lowest BCUT2D eigenvalue weighted by atomic mass is 10.3. The molecule has 0 spiro atoms. The summed E-state index contributed by atoms with van der Waals surface area (Å²) in [5, 5.41) is 9.33. The van der Waals surface area contributed by atoms with Crippen LogP contribution in [0.2, 0.25) is 10.0 Å². The molecule has 6 nitrogen and oxygen atoms in total. The largest absolute Gasteiger partial charge is 0.497 e. The minimum absolute atomic E-state index is 0.0581. The van der Waals surface area contributed by atoms with Crippen molar-refractivity contribution >= 4 is 44.9 Å². The van der Waals surface area contributed by atoms with E-state index in [1.165, 1.54) is 49.6 Å². The van der Waals surface area contributed by atoms with Gasteiger partial charge in [0.2, 0.25) is 0 Å². The van der Waals surface area contributed by atoms with Gasteiger partial charge in [0, 0.05) is 0 Å². The zero-order valence-electron chi connectivity index (χ0n) is 12.4. The number of aliphatic carboxylic acids is 1. The van der Waals surface area contributed by atoms with E-state index in [0.717, 1.165) is 4.31 Å². The Hall–Kier alpha value is -1.96. The van der Waals surface area contributed by atoms with E-state index in [2.05, 4.69) is 0 Å². The SMILES string of the molecule is COc1ccc(N(CC(=O)O)S(=O)(=O)c2ccc(Cl)c(Cl)c2)cc1. The standard InChI is InChI=1S/C15H13Cl2NO5S/c1-23-11-4-2-10(3-5-11)18(9-15(19)20)24(21,22)12-6-7-13(16)14(17)8-12/h2-8H,9H2,1H3,(H,19,20). The van der Waals surface area contributed by atoms with Gasteiger partial charge in [-0.25, -0.2) is 8.42 Å². The smallest absolute Gasteiger partial charge is 0.324 e. The number of methoxy groups -OCH3 is 1. The molecular weight excluding hydrogens is 377 g/mol. The fraction of sp³-hybridized carbons (Fsp3) is 0.133.